The van der Waals surface area contributed by atoms with Gasteiger partial charge in [0.25, 0.3) is 5.91 Å². The number of amides is 1. The first-order chi connectivity index (χ1) is 10.2. The standard InChI is InChI=1S/C17H22FNO3/c1-11-6-7-13(14(18)9-11)15(20)19-8-4-5-12(10-19)17(2,3)16(21)22/h6-7,9,12H,4-5,8,10H2,1-3H3,(H,21,22). The normalized spacial score (nSPS) is 19.1. The van der Waals surface area contributed by atoms with Crippen LogP contribution in [-0.2, 0) is 4.79 Å². The molecule has 0 radical (unpaired) electrons. The summed E-state index contributed by atoms with van der Waals surface area (Å²) >= 11 is 0. The molecule has 1 aliphatic heterocycles. The average Bonchev–Trinajstić information content (AvgIpc) is 2.46. The number of carbonyl (C=O) groups is 2. The molecule has 1 fully saturated rings. The third kappa shape index (κ3) is 3.13. The van der Waals surface area contributed by atoms with Crippen LogP contribution in [0.3, 0.4) is 0 Å². The molecule has 1 unspecified atom stereocenters. The molecule has 0 aromatic heterocycles. The predicted octanol–water partition coefficient (Wildman–Crippen LogP) is 3.10. The zero-order valence-electron chi connectivity index (χ0n) is 13.2. The van der Waals surface area contributed by atoms with Gasteiger partial charge in [-0.25, -0.2) is 4.39 Å². The maximum absolute atomic E-state index is 14.0. The number of piperidine rings is 1. The monoisotopic (exact) mass is 307 g/mol. The van der Waals surface area contributed by atoms with E-state index >= 15 is 0 Å². The first-order valence-corrected chi connectivity index (χ1v) is 7.52. The number of carbonyl (C=O) groups excluding carboxylic acids is 1. The highest BCUT2D eigenvalue weighted by Gasteiger charge is 2.40. The number of benzene rings is 1. The lowest BCUT2D eigenvalue weighted by atomic mass is 9.74. The highest BCUT2D eigenvalue weighted by atomic mass is 19.1. The van der Waals surface area contributed by atoms with Gasteiger partial charge in [-0.15, -0.1) is 0 Å². The maximum atomic E-state index is 14.0. The molecule has 1 N–H and O–H groups in total. The van der Waals surface area contributed by atoms with Crippen LogP contribution >= 0.6 is 0 Å². The van der Waals surface area contributed by atoms with Crippen LogP contribution in [0.2, 0.25) is 0 Å². The van der Waals surface area contributed by atoms with Crippen molar-refractivity contribution in [1.82, 2.24) is 4.90 Å². The molecule has 1 amide bonds. The number of aliphatic carboxylic acids is 1. The van der Waals surface area contributed by atoms with E-state index in [1.54, 1.807) is 31.7 Å². The van der Waals surface area contributed by atoms with Crippen LogP contribution in [0.1, 0.15) is 42.6 Å². The average molecular weight is 307 g/mol. The Morgan fingerprint density at radius 1 is 1.36 bits per heavy atom. The number of likely N-dealkylation sites (tertiary alicyclic amines) is 1. The molecule has 120 valence electrons. The minimum absolute atomic E-state index is 0.0550. The smallest absolute Gasteiger partial charge is 0.309 e. The Morgan fingerprint density at radius 2 is 2.05 bits per heavy atom. The van der Waals surface area contributed by atoms with E-state index in [1.165, 1.54) is 12.1 Å². The van der Waals surface area contributed by atoms with Gasteiger partial charge in [0.05, 0.1) is 11.0 Å². The number of rotatable bonds is 3. The molecule has 1 saturated heterocycles. The number of halogens is 1. The molecular weight excluding hydrogens is 285 g/mol. The van der Waals surface area contributed by atoms with Crippen molar-refractivity contribution in [3.8, 4) is 0 Å². The minimum atomic E-state index is -0.898. The topological polar surface area (TPSA) is 57.6 Å². The van der Waals surface area contributed by atoms with E-state index in [1.807, 2.05) is 0 Å². The molecule has 1 atom stereocenters. The van der Waals surface area contributed by atoms with Crippen molar-refractivity contribution in [3.05, 3.63) is 35.1 Å². The van der Waals surface area contributed by atoms with Crippen molar-refractivity contribution in [2.75, 3.05) is 13.1 Å². The largest absolute Gasteiger partial charge is 0.481 e. The van der Waals surface area contributed by atoms with Gasteiger partial charge in [-0.3, -0.25) is 9.59 Å². The molecule has 22 heavy (non-hydrogen) atoms. The van der Waals surface area contributed by atoms with Crippen LogP contribution in [0.25, 0.3) is 0 Å². The summed E-state index contributed by atoms with van der Waals surface area (Å²) in [5.74, 6) is -1.88. The second kappa shape index (κ2) is 6.07. The summed E-state index contributed by atoms with van der Waals surface area (Å²) in [6, 6.07) is 4.55. The number of carboxylic acid groups (broad SMARTS) is 1. The van der Waals surface area contributed by atoms with E-state index in [0.717, 1.165) is 18.4 Å². The molecule has 1 aliphatic rings. The molecule has 5 heteroatoms. The van der Waals surface area contributed by atoms with Crippen molar-refractivity contribution in [2.24, 2.45) is 11.3 Å². The molecule has 0 saturated carbocycles. The molecule has 4 nitrogen and oxygen atoms in total. The van der Waals surface area contributed by atoms with E-state index in [9.17, 15) is 19.1 Å². The van der Waals surface area contributed by atoms with Gasteiger partial charge in [-0.1, -0.05) is 6.07 Å². The Hall–Kier alpha value is -1.91. The molecule has 2 rings (SSSR count). The van der Waals surface area contributed by atoms with Gasteiger partial charge in [0.15, 0.2) is 0 Å². The third-order valence-electron chi connectivity index (χ3n) is 4.64. The first-order valence-electron chi connectivity index (χ1n) is 7.52. The fourth-order valence-electron chi connectivity index (χ4n) is 2.89. The first kappa shape index (κ1) is 16.5. The number of hydrogen-bond donors (Lipinski definition) is 1. The molecule has 0 aliphatic carbocycles. The Morgan fingerprint density at radius 3 is 2.64 bits per heavy atom. The van der Waals surface area contributed by atoms with Gasteiger partial charge in [-0.2, -0.15) is 0 Å². The highest BCUT2D eigenvalue weighted by Crippen LogP contribution is 2.34. The van der Waals surface area contributed by atoms with Crippen molar-refractivity contribution in [1.29, 1.82) is 0 Å². The Balaban J connectivity index is 2.18. The van der Waals surface area contributed by atoms with Crippen molar-refractivity contribution in [3.63, 3.8) is 0 Å². The van der Waals surface area contributed by atoms with E-state index in [-0.39, 0.29) is 17.4 Å². The maximum Gasteiger partial charge on any atom is 0.309 e. The van der Waals surface area contributed by atoms with Crippen LogP contribution in [0, 0.1) is 24.1 Å². The van der Waals surface area contributed by atoms with Crippen molar-refractivity contribution < 1.29 is 19.1 Å². The summed E-state index contributed by atoms with van der Waals surface area (Å²) < 4.78 is 14.0. The van der Waals surface area contributed by atoms with Crippen LogP contribution in [0.5, 0.6) is 0 Å². The number of hydrogen-bond acceptors (Lipinski definition) is 2. The zero-order chi connectivity index (χ0) is 16.5. The van der Waals surface area contributed by atoms with Gasteiger partial charge in [0.2, 0.25) is 0 Å². The van der Waals surface area contributed by atoms with Crippen LogP contribution in [0.4, 0.5) is 4.39 Å². The summed E-state index contributed by atoms with van der Waals surface area (Å²) in [4.78, 5) is 25.5. The van der Waals surface area contributed by atoms with Crippen LogP contribution in [-0.4, -0.2) is 35.0 Å². The van der Waals surface area contributed by atoms with E-state index in [0.29, 0.717) is 13.1 Å². The van der Waals surface area contributed by atoms with E-state index in [2.05, 4.69) is 0 Å². The van der Waals surface area contributed by atoms with Gasteiger partial charge >= 0.3 is 5.97 Å². The lowest BCUT2D eigenvalue weighted by Crippen LogP contribution is -2.47. The Labute approximate surface area is 129 Å². The molecule has 1 heterocycles. The van der Waals surface area contributed by atoms with Gasteiger partial charge in [0.1, 0.15) is 5.82 Å². The Kier molecular flexibility index (Phi) is 4.54. The van der Waals surface area contributed by atoms with Crippen LogP contribution in [0.15, 0.2) is 18.2 Å². The van der Waals surface area contributed by atoms with Crippen molar-refractivity contribution >= 4 is 11.9 Å². The lowest BCUT2D eigenvalue weighted by molar-refractivity contribution is -0.151. The molecule has 1 aromatic carbocycles. The number of carboxylic acids is 1. The summed E-state index contributed by atoms with van der Waals surface area (Å²) in [6.07, 6.45) is 1.50. The molecule has 1 aromatic rings. The summed E-state index contributed by atoms with van der Waals surface area (Å²) in [5.41, 5.74) is -0.0814. The fraction of sp³-hybridized carbons (Fsp3) is 0.529. The molecule has 0 bridgehead atoms. The zero-order valence-corrected chi connectivity index (χ0v) is 13.2. The second-order valence-electron chi connectivity index (χ2n) is 6.60. The van der Waals surface area contributed by atoms with Gasteiger partial charge in [-0.05, 0) is 57.2 Å². The quantitative estimate of drug-likeness (QED) is 0.933. The molecule has 0 spiro atoms. The minimum Gasteiger partial charge on any atom is -0.481 e. The number of nitrogens with zero attached hydrogens (tertiary/aromatic N) is 1. The third-order valence-corrected chi connectivity index (χ3v) is 4.64. The number of aryl methyl sites for hydroxylation is 1. The summed E-state index contributed by atoms with van der Waals surface area (Å²) in [7, 11) is 0. The van der Waals surface area contributed by atoms with Gasteiger partial charge in [0, 0.05) is 13.1 Å². The van der Waals surface area contributed by atoms with Gasteiger partial charge < -0.3 is 10.0 Å². The van der Waals surface area contributed by atoms with E-state index < -0.39 is 17.2 Å². The molecular formula is C17H22FNO3. The SMILES string of the molecule is Cc1ccc(C(=O)N2CCCC(C(C)(C)C(=O)O)C2)c(F)c1. The summed E-state index contributed by atoms with van der Waals surface area (Å²) in [6.45, 7) is 6.02. The van der Waals surface area contributed by atoms with Crippen molar-refractivity contribution in [2.45, 2.75) is 33.6 Å². The lowest BCUT2D eigenvalue weighted by Gasteiger charge is -2.39. The Bertz CT molecular complexity index is 598. The second-order valence-corrected chi connectivity index (χ2v) is 6.60. The van der Waals surface area contributed by atoms with E-state index in [4.69, 9.17) is 0 Å². The van der Waals surface area contributed by atoms with Crippen LogP contribution < -0.4 is 0 Å². The summed E-state index contributed by atoms with van der Waals surface area (Å²) in [5, 5.41) is 9.35. The predicted molar refractivity (Wildman–Crippen MR) is 81.2 cm³/mol. The fourth-order valence-corrected chi connectivity index (χ4v) is 2.89. The highest BCUT2D eigenvalue weighted by molar-refractivity contribution is 5.94.